The zero-order valence-corrected chi connectivity index (χ0v) is 17.9. The molecule has 0 bridgehead atoms. The zero-order valence-electron chi connectivity index (χ0n) is 15.6. The van der Waals surface area contributed by atoms with Gasteiger partial charge in [0.05, 0.1) is 26.8 Å². The highest BCUT2D eigenvalue weighted by Gasteiger charge is 2.17. The monoisotopic (exact) mass is 470 g/mol. The number of para-hydroxylation sites is 1. The van der Waals surface area contributed by atoms with Crippen molar-refractivity contribution in [1.29, 1.82) is 0 Å². The third-order valence-electron chi connectivity index (χ3n) is 3.90. The molecule has 0 spiro atoms. The van der Waals surface area contributed by atoms with E-state index in [1.54, 1.807) is 14.2 Å². The molecule has 2 aromatic carbocycles. The summed E-state index contributed by atoms with van der Waals surface area (Å²) in [6.45, 7) is 0.510. The van der Waals surface area contributed by atoms with Crippen molar-refractivity contribution in [2.24, 2.45) is 10.7 Å². The number of likely N-dealkylation sites (N-methyl/N-ethyl adjacent to an activating group) is 1. The molecule has 0 heterocycles. The number of nitrogens with zero attached hydrogens (tertiary/aromatic N) is 2. The number of anilines is 1. The zero-order chi connectivity index (χ0) is 18.2. The van der Waals surface area contributed by atoms with Gasteiger partial charge in [0.25, 0.3) is 0 Å². The van der Waals surface area contributed by atoms with Crippen molar-refractivity contribution in [3.63, 3.8) is 0 Å². The summed E-state index contributed by atoms with van der Waals surface area (Å²) in [5, 5.41) is 3.09. The quantitative estimate of drug-likeness (QED) is 0.369. The van der Waals surface area contributed by atoms with Gasteiger partial charge < -0.3 is 25.4 Å². The molecule has 2 aromatic rings. The SMILES string of the molecule is COc1cccc(NC(N)=NCC(c2ccccc2OC)N(C)C)c1.I. The van der Waals surface area contributed by atoms with Gasteiger partial charge in [0.1, 0.15) is 11.5 Å². The van der Waals surface area contributed by atoms with E-state index in [9.17, 15) is 0 Å². The van der Waals surface area contributed by atoms with Crippen LogP contribution >= 0.6 is 24.0 Å². The molecule has 0 aliphatic rings. The Hall–Kier alpha value is -2.00. The van der Waals surface area contributed by atoms with Crippen molar-refractivity contribution < 1.29 is 9.47 Å². The standard InChI is InChI=1S/C19H26N4O2.HI/c1-23(2)17(16-10-5-6-11-18(16)25-4)13-21-19(20)22-14-8-7-9-15(12-14)24-3;/h5-12,17H,13H2,1-4H3,(H3,20,21,22);1H. The number of guanidine groups is 1. The molecule has 3 N–H and O–H groups in total. The Bertz CT molecular complexity index is 722. The summed E-state index contributed by atoms with van der Waals surface area (Å²) in [5.41, 5.74) is 7.95. The van der Waals surface area contributed by atoms with Crippen LogP contribution in [0.15, 0.2) is 53.5 Å². The van der Waals surface area contributed by atoms with Crippen molar-refractivity contribution in [2.75, 3.05) is 40.2 Å². The number of halogens is 1. The molecule has 0 saturated carbocycles. The lowest BCUT2D eigenvalue weighted by Gasteiger charge is -2.25. The predicted octanol–water partition coefficient (Wildman–Crippen LogP) is 3.35. The highest BCUT2D eigenvalue weighted by molar-refractivity contribution is 14.0. The first kappa shape index (κ1) is 22.0. The third kappa shape index (κ3) is 6.06. The Balaban J connectivity index is 0.00000338. The molecule has 1 atom stereocenters. The number of hydrogen-bond donors (Lipinski definition) is 2. The minimum absolute atomic E-state index is 0. The summed E-state index contributed by atoms with van der Waals surface area (Å²) in [6, 6.07) is 15.6. The van der Waals surface area contributed by atoms with E-state index in [0.717, 1.165) is 22.7 Å². The van der Waals surface area contributed by atoms with Crippen molar-refractivity contribution in [3.8, 4) is 11.5 Å². The lowest BCUT2D eigenvalue weighted by atomic mass is 10.0. The number of aliphatic imine (C=N–C) groups is 1. The van der Waals surface area contributed by atoms with E-state index in [1.165, 1.54) is 0 Å². The number of nitrogens with one attached hydrogen (secondary N) is 1. The highest BCUT2D eigenvalue weighted by atomic mass is 127. The van der Waals surface area contributed by atoms with Crippen LogP contribution in [-0.2, 0) is 0 Å². The lowest BCUT2D eigenvalue weighted by Crippen LogP contribution is -2.27. The van der Waals surface area contributed by atoms with Crippen LogP contribution in [0, 0.1) is 0 Å². The first-order valence-corrected chi connectivity index (χ1v) is 8.05. The van der Waals surface area contributed by atoms with Gasteiger partial charge in [0.15, 0.2) is 5.96 Å². The molecule has 2 rings (SSSR count). The smallest absolute Gasteiger partial charge is 0.193 e. The van der Waals surface area contributed by atoms with Gasteiger partial charge in [0.2, 0.25) is 0 Å². The fourth-order valence-electron chi connectivity index (χ4n) is 2.55. The van der Waals surface area contributed by atoms with Crippen LogP contribution in [0.5, 0.6) is 11.5 Å². The maximum Gasteiger partial charge on any atom is 0.193 e. The molecule has 0 saturated heterocycles. The van der Waals surface area contributed by atoms with Gasteiger partial charge in [-0.25, -0.2) is 0 Å². The van der Waals surface area contributed by atoms with Gasteiger partial charge in [-0.1, -0.05) is 24.3 Å². The Morgan fingerprint density at radius 2 is 1.85 bits per heavy atom. The van der Waals surface area contributed by atoms with Crippen molar-refractivity contribution >= 4 is 35.6 Å². The molecular weight excluding hydrogens is 443 g/mol. The highest BCUT2D eigenvalue weighted by Crippen LogP contribution is 2.28. The molecular formula is C19H27IN4O2. The van der Waals surface area contributed by atoms with Crippen LogP contribution in [0.2, 0.25) is 0 Å². The summed E-state index contributed by atoms with van der Waals surface area (Å²) >= 11 is 0. The Kier molecular flexibility index (Phi) is 9.22. The third-order valence-corrected chi connectivity index (χ3v) is 3.90. The van der Waals surface area contributed by atoms with Crippen LogP contribution in [-0.4, -0.2) is 45.7 Å². The van der Waals surface area contributed by atoms with Gasteiger partial charge in [0, 0.05) is 17.3 Å². The summed E-state index contributed by atoms with van der Waals surface area (Å²) in [6.07, 6.45) is 0. The molecule has 6 nitrogen and oxygen atoms in total. The van der Waals surface area contributed by atoms with Crippen molar-refractivity contribution in [2.45, 2.75) is 6.04 Å². The second-order valence-corrected chi connectivity index (χ2v) is 5.80. The Morgan fingerprint density at radius 1 is 1.12 bits per heavy atom. The fourth-order valence-corrected chi connectivity index (χ4v) is 2.55. The Labute approximate surface area is 172 Å². The van der Waals surface area contributed by atoms with E-state index < -0.39 is 0 Å². The van der Waals surface area contributed by atoms with E-state index >= 15 is 0 Å². The molecule has 0 aliphatic carbocycles. The van der Waals surface area contributed by atoms with Crippen LogP contribution < -0.4 is 20.5 Å². The summed E-state index contributed by atoms with van der Waals surface area (Å²) in [7, 11) is 7.33. The number of nitrogens with two attached hydrogens (primary N) is 1. The first-order valence-electron chi connectivity index (χ1n) is 8.05. The molecule has 0 aromatic heterocycles. The molecule has 1 unspecified atom stereocenters. The molecule has 0 aliphatic heterocycles. The van der Waals surface area contributed by atoms with Gasteiger partial charge >= 0.3 is 0 Å². The summed E-state index contributed by atoms with van der Waals surface area (Å²) < 4.78 is 10.7. The average molecular weight is 470 g/mol. The molecule has 7 heteroatoms. The van der Waals surface area contributed by atoms with E-state index in [0.29, 0.717) is 12.5 Å². The number of hydrogen-bond acceptors (Lipinski definition) is 4. The maximum atomic E-state index is 6.04. The number of methoxy groups -OCH3 is 2. The largest absolute Gasteiger partial charge is 0.497 e. The van der Waals surface area contributed by atoms with Crippen LogP contribution in [0.3, 0.4) is 0 Å². The van der Waals surface area contributed by atoms with Gasteiger partial charge in [-0.15, -0.1) is 24.0 Å². The maximum absolute atomic E-state index is 6.04. The number of ether oxygens (including phenoxy) is 2. The van der Waals surface area contributed by atoms with E-state index in [1.807, 2.05) is 62.6 Å². The fraction of sp³-hybridized carbons (Fsp3) is 0.316. The minimum atomic E-state index is 0. The van der Waals surface area contributed by atoms with Gasteiger partial charge in [-0.3, -0.25) is 4.99 Å². The van der Waals surface area contributed by atoms with E-state index in [-0.39, 0.29) is 30.0 Å². The van der Waals surface area contributed by atoms with Crippen molar-refractivity contribution in [3.05, 3.63) is 54.1 Å². The average Bonchev–Trinajstić information content (AvgIpc) is 2.62. The van der Waals surface area contributed by atoms with E-state index in [4.69, 9.17) is 15.2 Å². The summed E-state index contributed by atoms with van der Waals surface area (Å²) in [5.74, 6) is 1.96. The molecule has 142 valence electrons. The normalized spacial score (nSPS) is 12.3. The molecule has 0 fully saturated rings. The van der Waals surface area contributed by atoms with Crippen LogP contribution in [0.1, 0.15) is 11.6 Å². The molecule has 26 heavy (non-hydrogen) atoms. The first-order chi connectivity index (χ1) is 12.0. The minimum Gasteiger partial charge on any atom is -0.497 e. The second-order valence-electron chi connectivity index (χ2n) is 5.80. The molecule has 0 radical (unpaired) electrons. The van der Waals surface area contributed by atoms with Crippen LogP contribution in [0.25, 0.3) is 0 Å². The lowest BCUT2D eigenvalue weighted by molar-refractivity contribution is 0.295. The van der Waals surface area contributed by atoms with E-state index in [2.05, 4.69) is 15.2 Å². The predicted molar refractivity (Wildman–Crippen MR) is 118 cm³/mol. The van der Waals surface area contributed by atoms with Crippen LogP contribution in [0.4, 0.5) is 5.69 Å². The molecule has 0 amide bonds. The second kappa shape index (κ2) is 10.9. The number of rotatable bonds is 7. The number of benzene rings is 2. The summed E-state index contributed by atoms with van der Waals surface area (Å²) in [4.78, 5) is 6.59. The Morgan fingerprint density at radius 3 is 2.50 bits per heavy atom. The van der Waals surface area contributed by atoms with Gasteiger partial charge in [-0.05, 0) is 32.3 Å². The van der Waals surface area contributed by atoms with Gasteiger partial charge in [-0.2, -0.15) is 0 Å². The van der Waals surface area contributed by atoms with Crippen molar-refractivity contribution in [1.82, 2.24) is 4.90 Å². The topological polar surface area (TPSA) is 72.1 Å².